The van der Waals surface area contributed by atoms with Crippen molar-refractivity contribution in [1.29, 1.82) is 5.26 Å². The first-order valence-corrected chi connectivity index (χ1v) is 6.62. The smallest absolute Gasteiger partial charge is 0.138 e. The highest BCUT2D eigenvalue weighted by atomic mass is 16.5. The molecular weight excluding hydrogens is 240 g/mol. The van der Waals surface area contributed by atoms with Crippen LogP contribution in [0, 0.1) is 11.3 Å². The van der Waals surface area contributed by atoms with Crippen molar-refractivity contribution in [2.75, 3.05) is 13.1 Å². The van der Waals surface area contributed by atoms with Crippen LogP contribution in [0.5, 0.6) is 5.75 Å². The lowest BCUT2D eigenvalue weighted by molar-refractivity contribution is 0.187. The number of ether oxygens (including phenoxy) is 1. The van der Waals surface area contributed by atoms with Gasteiger partial charge in [-0.3, -0.25) is 5.10 Å². The van der Waals surface area contributed by atoms with Crippen LogP contribution >= 0.6 is 0 Å². The molecule has 2 aromatic rings. The lowest BCUT2D eigenvalue weighted by Crippen LogP contribution is -2.19. The van der Waals surface area contributed by atoms with Gasteiger partial charge in [-0.2, -0.15) is 10.4 Å². The highest BCUT2D eigenvalue weighted by molar-refractivity contribution is 5.86. The first-order chi connectivity index (χ1) is 9.38. The Hall–Kier alpha value is -2.06. The predicted molar refractivity (Wildman–Crippen MR) is 71.9 cm³/mol. The van der Waals surface area contributed by atoms with E-state index >= 15 is 0 Å². The number of fused-ring (bicyclic) bond motifs is 1. The number of H-pyrrole nitrogens is 1. The van der Waals surface area contributed by atoms with Gasteiger partial charge in [0.15, 0.2) is 0 Å². The summed E-state index contributed by atoms with van der Waals surface area (Å²) in [6.45, 7) is 2.02. The number of rotatable bonds is 2. The van der Waals surface area contributed by atoms with Crippen LogP contribution in [0.15, 0.2) is 18.3 Å². The lowest BCUT2D eigenvalue weighted by Gasteiger charge is -2.17. The summed E-state index contributed by atoms with van der Waals surface area (Å²) < 4.78 is 6.03. The van der Waals surface area contributed by atoms with Crippen molar-refractivity contribution < 1.29 is 4.74 Å². The quantitative estimate of drug-likeness (QED) is 0.861. The minimum Gasteiger partial charge on any atom is -0.489 e. The van der Waals surface area contributed by atoms with E-state index in [1.807, 2.05) is 12.1 Å². The fourth-order valence-electron chi connectivity index (χ4n) is 2.50. The lowest BCUT2D eigenvalue weighted by atomic mass is 10.1. The monoisotopic (exact) mass is 256 g/mol. The summed E-state index contributed by atoms with van der Waals surface area (Å²) >= 11 is 0. The van der Waals surface area contributed by atoms with Gasteiger partial charge in [0.05, 0.1) is 11.7 Å². The van der Waals surface area contributed by atoms with E-state index in [9.17, 15) is 5.26 Å². The molecule has 1 unspecified atom stereocenters. The summed E-state index contributed by atoms with van der Waals surface area (Å²) in [5.41, 5.74) is 1.44. The molecule has 98 valence electrons. The van der Waals surface area contributed by atoms with Gasteiger partial charge in [0.25, 0.3) is 0 Å². The molecule has 0 amide bonds. The zero-order chi connectivity index (χ0) is 13.1. The summed E-state index contributed by atoms with van der Waals surface area (Å²) in [5.74, 6) is 0.670. The number of nitrogens with zero attached hydrogens (tertiary/aromatic N) is 2. The van der Waals surface area contributed by atoms with Crippen molar-refractivity contribution in [1.82, 2.24) is 15.5 Å². The number of hydrogen-bond donors (Lipinski definition) is 2. The highest BCUT2D eigenvalue weighted by Crippen LogP contribution is 2.28. The third-order valence-corrected chi connectivity index (χ3v) is 3.51. The summed E-state index contributed by atoms with van der Waals surface area (Å²) in [6.07, 6.45) is 4.98. The zero-order valence-corrected chi connectivity index (χ0v) is 10.6. The Bertz CT molecular complexity index is 605. The second-order valence-corrected chi connectivity index (χ2v) is 4.80. The van der Waals surface area contributed by atoms with Crippen LogP contribution in [-0.4, -0.2) is 29.4 Å². The van der Waals surface area contributed by atoms with Crippen molar-refractivity contribution >= 4 is 10.9 Å². The molecule has 0 radical (unpaired) electrons. The Labute approximate surface area is 111 Å². The standard InChI is InChI=1S/C14H16N4O/c15-8-11-12-9-17-18-13(12)3-4-14(11)19-10-2-1-6-16-7-5-10/h3-4,9-10,16H,1-2,5-7H2,(H,17,18). The fraction of sp³-hybridized carbons (Fsp3) is 0.429. The molecule has 0 bridgehead atoms. The topological polar surface area (TPSA) is 73.7 Å². The molecule has 2 N–H and O–H groups in total. The van der Waals surface area contributed by atoms with Crippen molar-refractivity contribution in [3.05, 3.63) is 23.9 Å². The summed E-state index contributed by atoms with van der Waals surface area (Å²) in [7, 11) is 0. The number of aromatic nitrogens is 2. The molecule has 0 saturated carbocycles. The second kappa shape index (κ2) is 5.29. The SMILES string of the molecule is N#Cc1c(OC2CCCNCC2)ccc2[nH]ncc12. The maximum Gasteiger partial charge on any atom is 0.138 e. The summed E-state index contributed by atoms with van der Waals surface area (Å²) in [5, 5.41) is 20.4. The largest absolute Gasteiger partial charge is 0.489 e. The Kier molecular flexibility index (Phi) is 3.34. The predicted octanol–water partition coefficient (Wildman–Crippen LogP) is 1.96. The van der Waals surface area contributed by atoms with E-state index in [1.54, 1.807) is 6.20 Å². The zero-order valence-electron chi connectivity index (χ0n) is 10.6. The van der Waals surface area contributed by atoms with Crippen LogP contribution in [0.1, 0.15) is 24.8 Å². The van der Waals surface area contributed by atoms with Crippen molar-refractivity contribution in [3.8, 4) is 11.8 Å². The van der Waals surface area contributed by atoms with Crippen molar-refractivity contribution in [3.63, 3.8) is 0 Å². The van der Waals surface area contributed by atoms with Crippen molar-refractivity contribution in [2.45, 2.75) is 25.4 Å². The number of nitriles is 1. The molecule has 1 atom stereocenters. The molecule has 1 aliphatic heterocycles. The number of hydrogen-bond acceptors (Lipinski definition) is 4. The van der Waals surface area contributed by atoms with Gasteiger partial charge in [0, 0.05) is 5.39 Å². The maximum atomic E-state index is 9.34. The van der Waals surface area contributed by atoms with Gasteiger partial charge in [0.1, 0.15) is 23.5 Å². The molecule has 5 nitrogen and oxygen atoms in total. The molecule has 1 aliphatic rings. The van der Waals surface area contributed by atoms with Gasteiger partial charge in [-0.25, -0.2) is 0 Å². The van der Waals surface area contributed by atoms with E-state index in [-0.39, 0.29) is 6.10 Å². The van der Waals surface area contributed by atoms with Crippen LogP contribution in [0.25, 0.3) is 10.9 Å². The average molecular weight is 256 g/mol. The van der Waals surface area contributed by atoms with Gasteiger partial charge in [-0.1, -0.05) is 0 Å². The third kappa shape index (κ3) is 2.40. The molecule has 5 heteroatoms. The minimum atomic E-state index is 0.187. The van der Waals surface area contributed by atoms with E-state index in [0.29, 0.717) is 11.3 Å². The summed E-state index contributed by atoms with van der Waals surface area (Å²) in [6, 6.07) is 6.00. The second-order valence-electron chi connectivity index (χ2n) is 4.80. The molecule has 2 heterocycles. The van der Waals surface area contributed by atoms with Gasteiger partial charge >= 0.3 is 0 Å². The number of benzene rings is 1. The van der Waals surface area contributed by atoms with E-state index in [1.165, 1.54) is 0 Å². The van der Waals surface area contributed by atoms with Gasteiger partial charge < -0.3 is 10.1 Å². The van der Waals surface area contributed by atoms with Crippen LogP contribution in [0.2, 0.25) is 0 Å². The van der Waals surface area contributed by atoms with Gasteiger partial charge in [0.2, 0.25) is 0 Å². The van der Waals surface area contributed by atoms with Crippen molar-refractivity contribution in [2.24, 2.45) is 0 Å². The Morgan fingerprint density at radius 2 is 2.26 bits per heavy atom. The van der Waals surface area contributed by atoms with Crippen LogP contribution < -0.4 is 10.1 Å². The molecule has 1 fully saturated rings. The third-order valence-electron chi connectivity index (χ3n) is 3.51. The first-order valence-electron chi connectivity index (χ1n) is 6.62. The van der Waals surface area contributed by atoms with Gasteiger partial charge in [-0.05, 0) is 44.5 Å². The molecule has 0 spiro atoms. The van der Waals surface area contributed by atoms with Crippen LogP contribution in [-0.2, 0) is 0 Å². The van der Waals surface area contributed by atoms with E-state index < -0.39 is 0 Å². The number of aromatic amines is 1. The Morgan fingerprint density at radius 1 is 1.32 bits per heavy atom. The Balaban J connectivity index is 1.89. The Morgan fingerprint density at radius 3 is 3.16 bits per heavy atom. The maximum absolute atomic E-state index is 9.34. The van der Waals surface area contributed by atoms with Crippen LogP contribution in [0.3, 0.4) is 0 Å². The molecule has 0 aliphatic carbocycles. The summed E-state index contributed by atoms with van der Waals surface area (Å²) in [4.78, 5) is 0. The molecule has 1 aromatic heterocycles. The highest BCUT2D eigenvalue weighted by Gasteiger charge is 2.17. The molecular formula is C14H16N4O. The van der Waals surface area contributed by atoms with Gasteiger partial charge in [-0.15, -0.1) is 0 Å². The minimum absolute atomic E-state index is 0.187. The molecule has 19 heavy (non-hydrogen) atoms. The molecule has 1 aromatic carbocycles. The molecule has 1 saturated heterocycles. The first kappa shape index (κ1) is 12.0. The fourth-order valence-corrected chi connectivity index (χ4v) is 2.50. The average Bonchev–Trinajstić information content (AvgIpc) is 2.76. The van der Waals surface area contributed by atoms with E-state index in [2.05, 4.69) is 21.6 Å². The van der Waals surface area contributed by atoms with E-state index in [0.717, 1.165) is 43.3 Å². The normalized spacial score (nSPS) is 19.8. The number of nitrogens with one attached hydrogen (secondary N) is 2. The van der Waals surface area contributed by atoms with Crippen LogP contribution in [0.4, 0.5) is 0 Å². The van der Waals surface area contributed by atoms with E-state index in [4.69, 9.17) is 4.74 Å². The molecule has 3 rings (SSSR count).